The summed E-state index contributed by atoms with van der Waals surface area (Å²) < 4.78 is 1.90. The fraction of sp³-hybridized carbons (Fsp3) is 0.333. The van der Waals surface area contributed by atoms with Crippen LogP contribution in [-0.2, 0) is 11.2 Å². The van der Waals surface area contributed by atoms with Crippen LogP contribution in [0.2, 0.25) is 0 Å². The highest BCUT2D eigenvalue weighted by molar-refractivity contribution is 6.28. The summed E-state index contributed by atoms with van der Waals surface area (Å²) in [7, 11) is 1.89. The van der Waals surface area contributed by atoms with Gasteiger partial charge in [-0.05, 0) is 44.9 Å². The molecule has 0 aliphatic heterocycles. The second-order valence-electron chi connectivity index (χ2n) is 8.33. The molecule has 2 aromatic heterocycles. The molecule has 0 saturated carbocycles. The fourth-order valence-electron chi connectivity index (χ4n) is 5.19. The summed E-state index contributed by atoms with van der Waals surface area (Å²) in [4.78, 5) is 46.0. The maximum Gasteiger partial charge on any atom is 0.181 e. The first kappa shape index (κ1) is 18.9. The first-order valence-electron chi connectivity index (χ1n) is 10.3. The van der Waals surface area contributed by atoms with Crippen LogP contribution >= 0.6 is 0 Å². The van der Waals surface area contributed by atoms with Crippen LogP contribution in [0, 0.1) is 5.92 Å². The lowest BCUT2D eigenvalue weighted by Gasteiger charge is -2.32. The molecule has 0 radical (unpaired) electrons. The Morgan fingerprint density at radius 1 is 1.23 bits per heavy atom. The smallest absolute Gasteiger partial charge is 0.181 e. The number of ketones is 3. The van der Waals surface area contributed by atoms with Crippen molar-refractivity contribution in [2.45, 2.75) is 32.2 Å². The van der Waals surface area contributed by atoms with Crippen molar-refractivity contribution in [3.63, 3.8) is 0 Å². The Balaban J connectivity index is 1.77. The first-order valence-corrected chi connectivity index (χ1v) is 10.3. The van der Waals surface area contributed by atoms with Crippen molar-refractivity contribution in [1.29, 1.82) is 0 Å². The lowest BCUT2D eigenvalue weighted by molar-refractivity contribution is -0.111. The highest BCUT2D eigenvalue weighted by atomic mass is 16.2. The zero-order chi connectivity index (χ0) is 21.2. The van der Waals surface area contributed by atoms with Crippen molar-refractivity contribution in [3.8, 4) is 0 Å². The van der Waals surface area contributed by atoms with Crippen molar-refractivity contribution in [2.75, 3.05) is 13.6 Å². The number of rotatable bonds is 4. The number of likely N-dealkylation sites (N-methyl/N-ethyl adjacent to an activating group) is 1. The molecule has 0 aromatic carbocycles. The summed E-state index contributed by atoms with van der Waals surface area (Å²) >= 11 is 0. The second kappa shape index (κ2) is 6.71. The number of allylic oxidation sites excluding steroid dienone is 4. The molecule has 2 heterocycles. The van der Waals surface area contributed by atoms with E-state index in [2.05, 4.69) is 11.6 Å². The molecule has 0 amide bonds. The van der Waals surface area contributed by atoms with Gasteiger partial charge >= 0.3 is 0 Å². The van der Waals surface area contributed by atoms with Crippen LogP contribution in [0.4, 0.5) is 0 Å². The van der Waals surface area contributed by atoms with Crippen LogP contribution in [0.15, 0.2) is 42.9 Å². The molecule has 2 atom stereocenters. The number of aryl methyl sites for hydroxylation is 1. The Morgan fingerprint density at radius 3 is 2.80 bits per heavy atom. The zero-order valence-electron chi connectivity index (χ0n) is 17.1. The zero-order valence-corrected chi connectivity index (χ0v) is 17.1. The Kier molecular flexibility index (Phi) is 4.22. The molecule has 0 saturated heterocycles. The average Bonchev–Trinajstić information content (AvgIpc) is 3.08. The van der Waals surface area contributed by atoms with E-state index in [9.17, 15) is 14.4 Å². The molecule has 0 fully saturated rings. The minimum Gasteiger partial charge on any atom is -0.303 e. The van der Waals surface area contributed by atoms with Crippen molar-refractivity contribution in [1.82, 2.24) is 14.3 Å². The first-order chi connectivity index (χ1) is 14.5. The second-order valence-corrected chi connectivity index (χ2v) is 8.33. The monoisotopic (exact) mass is 401 g/mol. The highest BCUT2D eigenvalue weighted by Crippen LogP contribution is 2.45. The van der Waals surface area contributed by atoms with Gasteiger partial charge in [0, 0.05) is 35.6 Å². The molecule has 0 spiro atoms. The number of carbonyl (C=O) groups excluding carboxylic acids is 3. The van der Waals surface area contributed by atoms with Gasteiger partial charge in [0.1, 0.15) is 5.92 Å². The number of aromatic nitrogens is 2. The SMILES string of the molecule is C=CCN(C)C(C)C1C(=O)c2cncn3c4c(c(c23)C1=O)C1=C(CC4)C(=O)C=CC1. The largest absolute Gasteiger partial charge is 0.303 e. The molecule has 3 aliphatic carbocycles. The number of hydrogen-bond donors (Lipinski definition) is 0. The lowest BCUT2D eigenvalue weighted by atomic mass is 9.75. The van der Waals surface area contributed by atoms with E-state index in [1.165, 1.54) is 0 Å². The molecular weight excluding hydrogens is 378 g/mol. The average molecular weight is 401 g/mol. The minimum absolute atomic E-state index is 0.0256. The van der Waals surface area contributed by atoms with Crippen molar-refractivity contribution >= 4 is 28.4 Å². The van der Waals surface area contributed by atoms with Gasteiger partial charge in [0.05, 0.1) is 23.0 Å². The summed E-state index contributed by atoms with van der Waals surface area (Å²) in [5, 5.41) is 0. The van der Waals surface area contributed by atoms with Gasteiger partial charge in [-0.2, -0.15) is 0 Å². The molecule has 0 bridgehead atoms. The van der Waals surface area contributed by atoms with E-state index in [0.717, 1.165) is 22.4 Å². The van der Waals surface area contributed by atoms with Gasteiger partial charge in [-0.25, -0.2) is 4.98 Å². The molecule has 0 N–H and O–H groups in total. The molecule has 5 rings (SSSR count). The van der Waals surface area contributed by atoms with Gasteiger partial charge in [-0.1, -0.05) is 12.2 Å². The maximum absolute atomic E-state index is 13.8. The van der Waals surface area contributed by atoms with E-state index in [-0.39, 0.29) is 23.4 Å². The Labute approximate surface area is 174 Å². The van der Waals surface area contributed by atoms with Gasteiger partial charge in [-0.3, -0.25) is 19.3 Å². The predicted molar refractivity (Wildman–Crippen MR) is 114 cm³/mol. The number of hydrogen-bond acceptors (Lipinski definition) is 5. The maximum atomic E-state index is 13.8. The third-order valence-electron chi connectivity index (χ3n) is 6.79. The molecule has 6 nitrogen and oxygen atoms in total. The third-order valence-corrected chi connectivity index (χ3v) is 6.79. The number of Topliss-reactive ketones (excluding diaryl/α,β-unsaturated/α-hetero) is 2. The van der Waals surface area contributed by atoms with E-state index < -0.39 is 5.92 Å². The van der Waals surface area contributed by atoms with Crippen LogP contribution in [0.1, 0.15) is 51.7 Å². The van der Waals surface area contributed by atoms with Crippen molar-refractivity contribution in [2.24, 2.45) is 5.92 Å². The molecular formula is C24H23N3O3. The summed E-state index contributed by atoms with van der Waals surface area (Å²) in [5.41, 5.74) is 5.28. The van der Waals surface area contributed by atoms with E-state index in [4.69, 9.17) is 0 Å². The standard InChI is InChI=1S/C24H23N3O3/c1-4-10-26(3)13(2)19-23(29)16-11-25-12-27-17-9-8-14-15(6-5-7-18(14)28)20(17)21(22(16)27)24(19)30/h4-5,7,11-13,19H,1,6,8-10H2,2-3H3. The Bertz CT molecular complexity index is 1210. The summed E-state index contributed by atoms with van der Waals surface area (Å²) in [6.07, 6.45) is 10.4. The normalized spacial score (nSPS) is 21.3. The predicted octanol–water partition coefficient (Wildman–Crippen LogP) is 3.06. The quantitative estimate of drug-likeness (QED) is 0.582. The minimum atomic E-state index is -0.803. The van der Waals surface area contributed by atoms with E-state index >= 15 is 0 Å². The van der Waals surface area contributed by atoms with Gasteiger partial charge in [0.2, 0.25) is 0 Å². The van der Waals surface area contributed by atoms with Crippen LogP contribution in [0.25, 0.3) is 11.1 Å². The van der Waals surface area contributed by atoms with Crippen LogP contribution < -0.4 is 0 Å². The van der Waals surface area contributed by atoms with E-state index in [0.29, 0.717) is 42.5 Å². The Hall–Kier alpha value is -3.12. The van der Waals surface area contributed by atoms with Crippen LogP contribution in [-0.4, -0.2) is 51.3 Å². The summed E-state index contributed by atoms with van der Waals surface area (Å²) in [6.45, 7) is 6.25. The molecule has 30 heavy (non-hydrogen) atoms. The molecule has 152 valence electrons. The van der Waals surface area contributed by atoms with Gasteiger partial charge in [-0.15, -0.1) is 6.58 Å². The topological polar surface area (TPSA) is 71.8 Å². The summed E-state index contributed by atoms with van der Waals surface area (Å²) in [6, 6.07) is -0.285. The van der Waals surface area contributed by atoms with E-state index in [1.54, 1.807) is 24.7 Å². The summed E-state index contributed by atoms with van der Waals surface area (Å²) in [5.74, 6) is -1.12. The number of fused-ring (bicyclic) bond motifs is 4. The fourth-order valence-corrected chi connectivity index (χ4v) is 5.19. The van der Waals surface area contributed by atoms with Crippen molar-refractivity contribution < 1.29 is 14.4 Å². The molecule has 2 aromatic rings. The van der Waals surface area contributed by atoms with Crippen LogP contribution in [0.3, 0.4) is 0 Å². The van der Waals surface area contributed by atoms with Crippen LogP contribution in [0.5, 0.6) is 0 Å². The molecule has 6 heteroatoms. The third kappa shape index (κ3) is 2.40. The van der Waals surface area contributed by atoms with Gasteiger partial charge < -0.3 is 4.40 Å². The Morgan fingerprint density at radius 2 is 2.03 bits per heavy atom. The highest BCUT2D eigenvalue weighted by Gasteiger charge is 2.45. The lowest BCUT2D eigenvalue weighted by Crippen LogP contribution is -2.45. The van der Waals surface area contributed by atoms with Gasteiger partial charge in [0.15, 0.2) is 17.3 Å². The number of carbonyl (C=O) groups is 3. The van der Waals surface area contributed by atoms with Gasteiger partial charge in [0.25, 0.3) is 0 Å². The van der Waals surface area contributed by atoms with E-state index in [1.807, 2.05) is 29.3 Å². The van der Waals surface area contributed by atoms with Crippen molar-refractivity contribution in [3.05, 3.63) is 65.3 Å². The number of nitrogens with zero attached hydrogens (tertiary/aromatic N) is 3. The molecule has 3 aliphatic rings. The molecule has 2 unspecified atom stereocenters.